The van der Waals surface area contributed by atoms with Crippen molar-refractivity contribution in [3.63, 3.8) is 0 Å². The summed E-state index contributed by atoms with van der Waals surface area (Å²) in [4.78, 5) is 13.1. The summed E-state index contributed by atoms with van der Waals surface area (Å²) in [6.07, 6.45) is 3.23. The van der Waals surface area contributed by atoms with Crippen molar-refractivity contribution in [3.05, 3.63) is 131 Å². The predicted octanol–water partition coefficient (Wildman–Crippen LogP) is 9.13. The highest BCUT2D eigenvalue weighted by molar-refractivity contribution is 5.69. The molecule has 0 bridgehead atoms. The van der Waals surface area contributed by atoms with Crippen molar-refractivity contribution in [3.8, 4) is 11.5 Å². The van der Waals surface area contributed by atoms with E-state index < -0.39 is 6.16 Å². The Morgan fingerprint density at radius 1 is 0.556 bits per heavy atom. The minimum Gasteiger partial charge on any atom is -0.394 e. The number of benzene rings is 4. The zero-order valence-electron chi connectivity index (χ0n) is 21.1. The second-order valence-corrected chi connectivity index (χ2v) is 9.03. The van der Waals surface area contributed by atoms with Crippen molar-refractivity contribution in [1.82, 2.24) is 0 Å². The summed E-state index contributed by atoms with van der Waals surface area (Å²) in [6, 6.07) is 36.3. The fourth-order valence-corrected chi connectivity index (χ4v) is 4.87. The third-order valence-electron chi connectivity index (χ3n) is 6.53. The van der Waals surface area contributed by atoms with Crippen LogP contribution in [0.5, 0.6) is 11.5 Å². The van der Waals surface area contributed by atoms with Crippen molar-refractivity contribution in [1.29, 1.82) is 0 Å². The van der Waals surface area contributed by atoms with Crippen LogP contribution in [0.25, 0.3) is 0 Å². The van der Waals surface area contributed by atoms with E-state index in [4.69, 9.17) is 9.47 Å². The Morgan fingerprint density at radius 3 is 1.31 bits per heavy atom. The Morgan fingerprint density at radius 2 is 0.917 bits per heavy atom. The molecule has 0 saturated carbocycles. The van der Waals surface area contributed by atoms with E-state index >= 15 is 0 Å². The third kappa shape index (κ3) is 6.23. The molecule has 2 unspecified atom stereocenters. The molecule has 3 heteroatoms. The van der Waals surface area contributed by atoms with Gasteiger partial charge in [0.05, 0.1) is 0 Å². The van der Waals surface area contributed by atoms with Crippen molar-refractivity contribution in [2.75, 3.05) is 0 Å². The first-order chi connectivity index (χ1) is 17.7. The highest BCUT2D eigenvalue weighted by Crippen LogP contribution is 2.37. The topological polar surface area (TPSA) is 35.5 Å². The highest BCUT2D eigenvalue weighted by Gasteiger charge is 2.22. The minimum atomic E-state index is -0.721. The SMILES string of the molecule is CCCC(c1ccccc1)c1ccccc1OC(=O)Oc1ccccc1C(CCC)c1ccccc1. The van der Waals surface area contributed by atoms with E-state index in [1.807, 2.05) is 84.9 Å². The lowest BCUT2D eigenvalue weighted by Gasteiger charge is -2.21. The lowest BCUT2D eigenvalue weighted by molar-refractivity contribution is 0.150. The van der Waals surface area contributed by atoms with Gasteiger partial charge >= 0.3 is 6.16 Å². The van der Waals surface area contributed by atoms with Crippen LogP contribution >= 0.6 is 0 Å². The lowest BCUT2D eigenvalue weighted by Crippen LogP contribution is -2.17. The molecular formula is C33H34O3. The van der Waals surface area contributed by atoms with Gasteiger partial charge in [-0.15, -0.1) is 0 Å². The van der Waals surface area contributed by atoms with Gasteiger partial charge in [0.25, 0.3) is 0 Å². The standard InChI is InChI=1S/C33H34O3/c1-3-15-27(25-17-7-5-8-18-25)29-21-11-13-23-31(29)35-33(34)36-32-24-14-12-22-30(32)28(16-4-2)26-19-9-6-10-20-26/h5-14,17-24,27-28H,3-4,15-16H2,1-2H3. The lowest BCUT2D eigenvalue weighted by atomic mass is 9.87. The number of para-hydroxylation sites is 2. The molecule has 0 aliphatic rings. The number of hydrogen-bond donors (Lipinski definition) is 0. The summed E-state index contributed by atoms with van der Waals surface area (Å²) in [5, 5.41) is 0. The molecule has 3 nitrogen and oxygen atoms in total. The summed E-state index contributed by atoms with van der Waals surface area (Å²) in [5.41, 5.74) is 4.40. The fourth-order valence-electron chi connectivity index (χ4n) is 4.87. The molecule has 0 spiro atoms. The number of rotatable bonds is 10. The van der Waals surface area contributed by atoms with Gasteiger partial charge in [0.15, 0.2) is 0 Å². The van der Waals surface area contributed by atoms with Gasteiger partial charge in [0, 0.05) is 23.0 Å². The molecule has 0 fully saturated rings. The van der Waals surface area contributed by atoms with E-state index in [9.17, 15) is 4.79 Å². The maximum Gasteiger partial charge on any atom is 0.519 e. The Kier molecular flexibility index (Phi) is 8.93. The maximum atomic E-state index is 13.1. The molecule has 184 valence electrons. The van der Waals surface area contributed by atoms with Crippen molar-refractivity contribution in [2.45, 2.75) is 51.4 Å². The number of hydrogen-bond acceptors (Lipinski definition) is 3. The van der Waals surface area contributed by atoms with E-state index in [-0.39, 0.29) is 11.8 Å². The fraction of sp³-hybridized carbons (Fsp3) is 0.242. The molecule has 0 saturated heterocycles. The van der Waals surface area contributed by atoms with Crippen LogP contribution in [-0.4, -0.2) is 6.16 Å². The van der Waals surface area contributed by atoms with Crippen LogP contribution in [0.1, 0.15) is 73.6 Å². The van der Waals surface area contributed by atoms with Crippen molar-refractivity contribution in [2.24, 2.45) is 0 Å². The molecule has 4 rings (SSSR count). The normalized spacial score (nSPS) is 12.5. The van der Waals surface area contributed by atoms with Gasteiger partial charge in [0.2, 0.25) is 0 Å². The second-order valence-electron chi connectivity index (χ2n) is 9.03. The molecule has 36 heavy (non-hydrogen) atoms. The van der Waals surface area contributed by atoms with Gasteiger partial charge in [0.1, 0.15) is 11.5 Å². The van der Waals surface area contributed by atoms with Gasteiger partial charge < -0.3 is 9.47 Å². The maximum absolute atomic E-state index is 13.1. The van der Waals surface area contributed by atoms with Crippen LogP contribution < -0.4 is 9.47 Å². The highest BCUT2D eigenvalue weighted by atomic mass is 16.7. The number of ether oxygens (including phenoxy) is 2. The van der Waals surface area contributed by atoms with Gasteiger partial charge in [-0.25, -0.2) is 4.79 Å². The van der Waals surface area contributed by atoms with Crippen LogP contribution in [0.3, 0.4) is 0 Å². The molecular weight excluding hydrogens is 444 g/mol. The van der Waals surface area contributed by atoms with Crippen LogP contribution in [-0.2, 0) is 0 Å². The summed E-state index contributed by atoms with van der Waals surface area (Å²) < 4.78 is 11.7. The van der Waals surface area contributed by atoms with Gasteiger partial charge in [-0.2, -0.15) is 0 Å². The molecule has 4 aromatic rings. The first-order valence-corrected chi connectivity index (χ1v) is 12.9. The predicted molar refractivity (Wildman–Crippen MR) is 146 cm³/mol. The van der Waals surface area contributed by atoms with Crippen LogP contribution in [0.15, 0.2) is 109 Å². The Balaban J connectivity index is 1.59. The third-order valence-corrected chi connectivity index (χ3v) is 6.53. The van der Waals surface area contributed by atoms with Crippen LogP contribution in [0, 0.1) is 0 Å². The minimum absolute atomic E-state index is 0.138. The molecule has 2 atom stereocenters. The van der Waals surface area contributed by atoms with E-state index in [1.165, 1.54) is 11.1 Å². The van der Waals surface area contributed by atoms with E-state index in [2.05, 4.69) is 38.1 Å². The molecule has 0 radical (unpaired) electrons. The first-order valence-electron chi connectivity index (χ1n) is 12.9. The molecule has 0 N–H and O–H groups in total. The first kappa shape index (κ1) is 25.2. The Labute approximate surface area is 214 Å². The van der Waals surface area contributed by atoms with Crippen molar-refractivity contribution >= 4 is 6.16 Å². The van der Waals surface area contributed by atoms with Gasteiger partial charge in [-0.3, -0.25) is 0 Å². The molecule has 0 heterocycles. The average molecular weight is 479 g/mol. The Bertz CT molecular complexity index is 1140. The Hall–Kier alpha value is -3.85. The van der Waals surface area contributed by atoms with E-state index in [0.29, 0.717) is 11.5 Å². The molecule has 4 aromatic carbocycles. The largest absolute Gasteiger partial charge is 0.519 e. The molecule has 0 aliphatic carbocycles. The summed E-state index contributed by atoms with van der Waals surface area (Å²) in [7, 11) is 0. The number of carbonyl (C=O) groups excluding carboxylic acids is 1. The van der Waals surface area contributed by atoms with E-state index in [1.54, 1.807) is 0 Å². The zero-order chi connectivity index (χ0) is 25.2. The van der Waals surface area contributed by atoms with Gasteiger partial charge in [-0.05, 0) is 36.1 Å². The van der Waals surface area contributed by atoms with Crippen molar-refractivity contribution < 1.29 is 14.3 Å². The van der Waals surface area contributed by atoms with Crippen LogP contribution in [0.2, 0.25) is 0 Å². The smallest absolute Gasteiger partial charge is 0.394 e. The zero-order valence-corrected chi connectivity index (χ0v) is 21.1. The summed E-state index contributed by atoms with van der Waals surface area (Å²) >= 11 is 0. The number of carbonyl (C=O) groups is 1. The summed E-state index contributed by atoms with van der Waals surface area (Å²) in [5.74, 6) is 1.35. The summed E-state index contributed by atoms with van der Waals surface area (Å²) in [6.45, 7) is 4.34. The van der Waals surface area contributed by atoms with Crippen LogP contribution in [0.4, 0.5) is 4.79 Å². The molecule has 0 aromatic heterocycles. The monoisotopic (exact) mass is 478 g/mol. The van der Waals surface area contributed by atoms with E-state index in [0.717, 1.165) is 36.8 Å². The molecule has 0 amide bonds. The quantitative estimate of drug-likeness (QED) is 0.168. The average Bonchev–Trinajstić information content (AvgIpc) is 2.92. The molecule has 0 aliphatic heterocycles. The van der Waals surface area contributed by atoms with Gasteiger partial charge in [-0.1, -0.05) is 124 Å². The second kappa shape index (κ2) is 12.7.